The lowest BCUT2D eigenvalue weighted by Gasteiger charge is -2.08. The predicted octanol–water partition coefficient (Wildman–Crippen LogP) is 2.82. The molecular weight excluding hydrogens is 318 g/mol. The number of methoxy groups -OCH3 is 1. The van der Waals surface area contributed by atoms with Crippen molar-refractivity contribution < 1.29 is 19.1 Å². The number of nitrogens with one attached hydrogen (secondary N) is 1. The molecule has 0 aromatic heterocycles. The Morgan fingerprint density at radius 3 is 2.52 bits per heavy atom. The van der Waals surface area contributed by atoms with Crippen LogP contribution in [-0.2, 0) is 16.1 Å². The third-order valence-electron chi connectivity index (χ3n) is 3.02. The van der Waals surface area contributed by atoms with Gasteiger partial charge in [-0.3, -0.25) is 4.79 Å². The van der Waals surface area contributed by atoms with Crippen molar-refractivity contribution in [2.24, 2.45) is 0 Å². The standard InChI is InChI=1S/C17H16ClNO4/c1-22-17(21)13-5-7-15(8-6-13)23-11-16(20)19-10-12-3-2-4-14(18)9-12/h2-9H,10-11H2,1H3,(H,19,20). The lowest BCUT2D eigenvalue weighted by molar-refractivity contribution is -0.123. The van der Waals surface area contributed by atoms with E-state index in [1.807, 2.05) is 12.1 Å². The Labute approximate surface area is 139 Å². The molecule has 0 saturated heterocycles. The molecule has 120 valence electrons. The lowest BCUT2D eigenvalue weighted by Crippen LogP contribution is -2.28. The zero-order valence-corrected chi connectivity index (χ0v) is 13.3. The maximum absolute atomic E-state index is 11.8. The fourth-order valence-electron chi connectivity index (χ4n) is 1.85. The third kappa shape index (κ3) is 5.30. The molecule has 0 spiro atoms. The highest BCUT2D eigenvalue weighted by Crippen LogP contribution is 2.13. The fourth-order valence-corrected chi connectivity index (χ4v) is 2.07. The van der Waals surface area contributed by atoms with Gasteiger partial charge in [-0.1, -0.05) is 23.7 Å². The number of hydrogen-bond acceptors (Lipinski definition) is 4. The summed E-state index contributed by atoms with van der Waals surface area (Å²) in [5, 5.41) is 3.36. The smallest absolute Gasteiger partial charge is 0.337 e. The highest BCUT2D eigenvalue weighted by molar-refractivity contribution is 6.30. The van der Waals surface area contributed by atoms with E-state index in [1.165, 1.54) is 7.11 Å². The van der Waals surface area contributed by atoms with Crippen LogP contribution in [0.3, 0.4) is 0 Å². The van der Waals surface area contributed by atoms with E-state index in [0.717, 1.165) is 5.56 Å². The van der Waals surface area contributed by atoms with E-state index in [-0.39, 0.29) is 12.5 Å². The maximum atomic E-state index is 11.8. The lowest BCUT2D eigenvalue weighted by atomic mass is 10.2. The topological polar surface area (TPSA) is 64.6 Å². The molecular formula is C17H16ClNO4. The minimum absolute atomic E-state index is 0.113. The molecule has 0 aliphatic carbocycles. The molecule has 0 aliphatic heterocycles. The zero-order chi connectivity index (χ0) is 16.7. The first-order valence-corrected chi connectivity index (χ1v) is 7.28. The Hall–Kier alpha value is -2.53. The van der Waals surface area contributed by atoms with Gasteiger partial charge in [0.1, 0.15) is 5.75 Å². The van der Waals surface area contributed by atoms with Crippen molar-refractivity contribution in [2.45, 2.75) is 6.54 Å². The zero-order valence-electron chi connectivity index (χ0n) is 12.5. The number of hydrogen-bond donors (Lipinski definition) is 1. The van der Waals surface area contributed by atoms with E-state index in [4.69, 9.17) is 16.3 Å². The first kappa shape index (κ1) is 16.8. The van der Waals surface area contributed by atoms with Crippen molar-refractivity contribution in [1.82, 2.24) is 5.32 Å². The van der Waals surface area contributed by atoms with Gasteiger partial charge >= 0.3 is 5.97 Å². The highest BCUT2D eigenvalue weighted by atomic mass is 35.5. The van der Waals surface area contributed by atoms with Crippen LogP contribution in [0.1, 0.15) is 15.9 Å². The predicted molar refractivity (Wildman–Crippen MR) is 86.6 cm³/mol. The summed E-state index contributed by atoms with van der Waals surface area (Å²) in [7, 11) is 1.32. The molecule has 6 heteroatoms. The van der Waals surface area contributed by atoms with Crippen LogP contribution in [-0.4, -0.2) is 25.6 Å². The summed E-state index contributed by atoms with van der Waals surface area (Å²) in [5.74, 6) is -0.173. The highest BCUT2D eigenvalue weighted by Gasteiger charge is 2.06. The summed E-state index contributed by atoms with van der Waals surface area (Å²) in [4.78, 5) is 23.1. The Kier molecular flexibility index (Phi) is 6.00. The van der Waals surface area contributed by atoms with Gasteiger partial charge in [0.2, 0.25) is 0 Å². The van der Waals surface area contributed by atoms with Gasteiger partial charge < -0.3 is 14.8 Å². The molecule has 0 saturated carbocycles. The van der Waals surface area contributed by atoms with Crippen molar-refractivity contribution in [1.29, 1.82) is 0 Å². The quantitative estimate of drug-likeness (QED) is 0.826. The van der Waals surface area contributed by atoms with Crippen LogP contribution in [0.25, 0.3) is 0 Å². The van der Waals surface area contributed by atoms with Gasteiger partial charge in [0.15, 0.2) is 6.61 Å². The van der Waals surface area contributed by atoms with Gasteiger partial charge in [-0.2, -0.15) is 0 Å². The van der Waals surface area contributed by atoms with Crippen LogP contribution in [0.2, 0.25) is 5.02 Å². The number of amides is 1. The van der Waals surface area contributed by atoms with E-state index < -0.39 is 5.97 Å². The molecule has 5 nitrogen and oxygen atoms in total. The molecule has 0 radical (unpaired) electrons. The average Bonchev–Trinajstić information content (AvgIpc) is 2.58. The summed E-state index contributed by atoms with van der Waals surface area (Å²) in [6.45, 7) is 0.266. The van der Waals surface area contributed by atoms with Crippen LogP contribution in [0.4, 0.5) is 0 Å². The maximum Gasteiger partial charge on any atom is 0.337 e. The Morgan fingerprint density at radius 2 is 1.87 bits per heavy atom. The van der Waals surface area contributed by atoms with E-state index in [1.54, 1.807) is 36.4 Å². The Morgan fingerprint density at radius 1 is 1.13 bits per heavy atom. The minimum Gasteiger partial charge on any atom is -0.484 e. The number of halogens is 1. The van der Waals surface area contributed by atoms with E-state index >= 15 is 0 Å². The Bertz CT molecular complexity index is 685. The molecule has 0 atom stereocenters. The molecule has 0 unspecified atom stereocenters. The molecule has 1 amide bonds. The van der Waals surface area contributed by atoms with Gasteiger partial charge in [-0.15, -0.1) is 0 Å². The van der Waals surface area contributed by atoms with Crippen molar-refractivity contribution >= 4 is 23.5 Å². The normalized spacial score (nSPS) is 10.0. The fraction of sp³-hybridized carbons (Fsp3) is 0.176. The van der Waals surface area contributed by atoms with E-state index in [0.29, 0.717) is 22.9 Å². The van der Waals surface area contributed by atoms with E-state index in [2.05, 4.69) is 10.1 Å². The van der Waals surface area contributed by atoms with Crippen molar-refractivity contribution in [3.8, 4) is 5.75 Å². The summed E-state index contributed by atoms with van der Waals surface area (Å²) >= 11 is 5.88. The summed E-state index contributed by atoms with van der Waals surface area (Å²) in [6, 6.07) is 13.6. The first-order chi connectivity index (χ1) is 11.1. The first-order valence-electron chi connectivity index (χ1n) is 6.91. The molecule has 2 aromatic carbocycles. The largest absolute Gasteiger partial charge is 0.484 e. The van der Waals surface area contributed by atoms with Gasteiger partial charge in [0, 0.05) is 11.6 Å². The summed E-state index contributed by atoms with van der Waals surface area (Å²) in [6.07, 6.45) is 0. The monoisotopic (exact) mass is 333 g/mol. The minimum atomic E-state index is -0.421. The number of carbonyl (C=O) groups excluding carboxylic acids is 2. The summed E-state index contributed by atoms with van der Waals surface area (Å²) < 4.78 is 9.96. The SMILES string of the molecule is COC(=O)c1ccc(OCC(=O)NCc2cccc(Cl)c2)cc1. The summed E-state index contributed by atoms with van der Waals surface area (Å²) in [5.41, 5.74) is 1.33. The number of esters is 1. The molecule has 23 heavy (non-hydrogen) atoms. The van der Waals surface area contributed by atoms with Crippen molar-refractivity contribution in [3.63, 3.8) is 0 Å². The number of rotatable bonds is 6. The molecule has 0 fully saturated rings. The van der Waals surface area contributed by atoms with Gasteiger partial charge in [-0.25, -0.2) is 4.79 Å². The second kappa shape index (κ2) is 8.19. The molecule has 0 bridgehead atoms. The van der Waals surface area contributed by atoms with Gasteiger partial charge in [-0.05, 0) is 42.0 Å². The molecule has 2 rings (SSSR count). The van der Waals surface area contributed by atoms with Crippen LogP contribution in [0, 0.1) is 0 Å². The Balaban J connectivity index is 1.79. The van der Waals surface area contributed by atoms with Crippen LogP contribution >= 0.6 is 11.6 Å². The van der Waals surface area contributed by atoms with Gasteiger partial charge in [0.25, 0.3) is 5.91 Å². The molecule has 0 heterocycles. The van der Waals surface area contributed by atoms with Gasteiger partial charge in [0.05, 0.1) is 12.7 Å². The second-order valence-electron chi connectivity index (χ2n) is 4.71. The van der Waals surface area contributed by atoms with E-state index in [9.17, 15) is 9.59 Å². The third-order valence-corrected chi connectivity index (χ3v) is 3.26. The molecule has 2 aromatic rings. The van der Waals surface area contributed by atoms with Crippen LogP contribution < -0.4 is 10.1 Å². The van der Waals surface area contributed by atoms with Crippen molar-refractivity contribution in [2.75, 3.05) is 13.7 Å². The number of carbonyl (C=O) groups is 2. The number of ether oxygens (including phenoxy) is 2. The average molecular weight is 334 g/mol. The molecule has 1 N–H and O–H groups in total. The van der Waals surface area contributed by atoms with Crippen LogP contribution in [0.15, 0.2) is 48.5 Å². The second-order valence-corrected chi connectivity index (χ2v) is 5.15. The molecule has 0 aliphatic rings. The van der Waals surface area contributed by atoms with Crippen molar-refractivity contribution in [3.05, 3.63) is 64.7 Å². The van der Waals surface area contributed by atoms with Crippen LogP contribution in [0.5, 0.6) is 5.75 Å². The number of benzene rings is 2.